The van der Waals surface area contributed by atoms with Gasteiger partial charge in [0.25, 0.3) is 0 Å². The molecule has 7 nitrogen and oxygen atoms in total. The van der Waals surface area contributed by atoms with Crippen LogP contribution in [-0.4, -0.2) is 44.0 Å². The molecule has 75 valence electrons. The summed E-state index contributed by atoms with van der Waals surface area (Å²) in [6.45, 7) is 0. The first-order chi connectivity index (χ1) is 6.49. The fourth-order valence-corrected chi connectivity index (χ4v) is 3.24. The van der Waals surface area contributed by atoms with E-state index >= 15 is 0 Å². The first-order valence-electron chi connectivity index (χ1n) is 3.72. The summed E-state index contributed by atoms with van der Waals surface area (Å²) < 4.78 is 13.7. The number of carbonyl (C=O) groups is 3. The summed E-state index contributed by atoms with van der Waals surface area (Å²) >= 11 is -3.33. The van der Waals surface area contributed by atoms with E-state index in [1.165, 1.54) is 0 Å². The van der Waals surface area contributed by atoms with Gasteiger partial charge in [-0.2, -0.15) is 0 Å². The summed E-state index contributed by atoms with van der Waals surface area (Å²) in [6, 6.07) is 0. The Balaban J connectivity index is 2.39. The molecule has 0 amide bonds. The standard InChI is InChI=1S/C6H5GeO7/c8-3-1-6(11)2-4(9)13-7(12-3)14-5(6)10/h11H,1-2H2. The van der Waals surface area contributed by atoms with Crippen molar-refractivity contribution in [3.63, 3.8) is 0 Å². The number of fused-ring (bicyclic) bond motifs is 3. The van der Waals surface area contributed by atoms with Crippen LogP contribution in [0, 0.1) is 0 Å². The van der Waals surface area contributed by atoms with Crippen molar-refractivity contribution >= 4 is 33.3 Å². The second-order valence-corrected chi connectivity index (χ2v) is 5.31. The van der Waals surface area contributed by atoms with Gasteiger partial charge in [0.2, 0.25) is 0 Å². The Bertz CT molecular complexity index is 304. The second kappa shape index (κ2) is 2.95. The third-order valence-electron chi connectivity index (χ3n) is 1.82. The van der Waals surface area contributed by atoms with E-state index in [1.54, 1.807) is 0 Å². The van der Waals surface area contributed by atoms with E-state index in [0.29, 0.717) is 0 Å². The minimum atomic E-state index is -3.33. The summed E-state index contributed by atoms with van der Waals surface area (Å²) in [5, 5.41) is 9.64. The van der Waals surface area contributed by atoms with Gasteiger partial charge in [0, 0.05) is 0 Å². The predicted octanol–water partition coefficient (Wildman–Crippen LogP) is -1.86. The van der Waals surface area contributed by atoms with Crippen molar-refractivity contribution in [1.29, 1.82) is 0 Å². The first-order valence-corrected chi connectivity index (χ1v) is 6.29. The van der Waals surface area contributed by atoms with Gasteiger partial charge in [-0.3, -0.25) is 0 Å². The first kappa shape index (κ1) is 9.47. The van der Waals surface area contributed by atoms with Crippen molar-refractivity contribution < 1.29 is 30.8 Å². The molecule has 0 aliphatic carbocycles. The van der Waals surface area contributed by atoms with Crippen LogP contribution < -0.4 is 0 Å². The molecule has 8 heteroatoms. The van der Waals surface area contributed by atoms with E-state index < -0.39 is 51.7 Å². The predicted molar refractivity (Wildman–Crippen MR) is 38.2 cm³/mol. The molecule has 0 aromatic heterocycles. The number of hydrogen-bond acceptors (Lipinski definition) is 7. The molecule has 0 unspecified atom stereocenters. The molecule has 0 aromatic carbocycles. The van der Waals surface area contributed by atoms with E-state index in [1.807, 2.05) is 0 Å². The molecule has 0 spiro atoms. The molecule has 0 aromatic rings. The summed E-state index contributed by atoms with van der Waals surface area (Å²) in [6.07, 6.45) is -1.12. The molecule has 1 radical (unpaired) electrons. The molecular weight excluding hydrogens is 257 g/mol. The Morgan fingerprint density at radius 2 is 1.57 bits per heavy atom. The maximum absolute atomic E-state index is 11.2. The number of carbonyl (C=O) groups excluding carboxylic acids is 3. The molecule has 2 rings (SSSR count). The monoisotopic (exact) mass is 263 g/mol. The molecule has 2 bridgehead atoms. The fourth-order valence-electron chi connectivity index (χ4n) is 1.18. The average Bonchev–Trinajstić information content (AvgIpc) is 2.13. The van der Waals surface area contributed by atoms with Crippen molar-refractivity contribution in [3.8, 4) is 0 Å². The van der Waals surface area contributed by atoms with E-state index in [9.17, 15) is 19.5 Å². The Morgan fingerprint density at radius 1 is 1.07 bits per heavy atom. The van der Waals surface area contributed by atoms with Crippen LogP contribution in [0.5, 0.6) is 0 Å². The van der Waals surface area contributed by atoms with Gasteiger partial charge in [-0.15, -0.1) is 0 Å². The topological polar surface area (TPSA) is 99.1 Å². The fraction of sp³-hybridized carbons (Fsp3) is 0.500. The second-order valence-electron chi connectivity index (χ2n) is 2.97. The third kappa shape index (κ3) is 1.48. The molecule has 0 saturated carbocycles. The van der Waals surface area contributed by atoms with E-state index in [4.69, 9.17) is 0 Å². The van der Waals surface area contributed by atoms with Crippen LogP contribution >= 0.6 is 0 Å². The van der Waals surface area contributed by atoms with E-state index in [0.717, 1.165) is 0 Å². The Hall–Kier alpha value is -1.09. The summed E-state index contributed by atoms with van der Waals surface area (Å²) in [4.78, 5) is 33.2. The SMILES string of the molecule is O=C1CC2(O)CC(=O)[O][Ge]([O]1)[O]C2=O. The van der Waals surface area contributed by atoms with Crippen LogP contribution in [-0.2, 0) is 25.7 Å². The normalized spacial score (nSPS) is 25.9. The number of hydrogen-bond donors (Lipinski definition) is 1. The van der Waals surface area contributed by atoms with E-state index in [-0.39, 0.29) is 0 Å². The quantitative estimate of drug-likeness (QED) is 0.511. The molecule has 2 fully saturated rings. The van der Waals surface area contributed by atoms with Gasteiger partial charge in [-0.1, -0.05) is 0 Å². The van der Waals surface area contributed by atoms with E-state index in [2.05, 4.69) is 11.3 Å². The molecule has 2 aliphatic rings. The van der Waals surface area contributed by atoms with Gasteiger partial charge in [0.15, 0.2) is 0 Å². The molecule has 1 N–H and O–H groups in total. The van der Waals surface area contributed by atoms with Crippen molar-refractivity contribution in [2.75, 3.05) is 0 Å². The number of aliphatic hydroxyl groups is 1. The van der Waals surface area contributed by atoms with Crippen LogP contribution in [0.2, 0.25) is 0 Å². The zero-order valence-corrected chi connectivity index (χ0v) is 8.91. The molecule has 2 heterocycles. The van der Waals surface area contributed by atoms with Crippen LogP contribution in [0.15, 0.2) is 0 Å². The van der Waals surface area contributed by atoms with Gasteiger partial charge in [0.05, 0.1) is 0 Å². The van der Waals surface area contributed by atoms with Crippen molar-refractivity contribution in [2.24, 2.45) is 0 Å². The van der Waals surface area contributed by atoms with Gasteiger partial charge in [0.1, 0.15) is 0 Å². The zero-order chi connectivity index (χ0) is 10.3. The molecule has 2 aliphatic heterocycles. The minimum absolute atomic E-state index is 0.558. The molecular formula is C6H5GeO7. The van der Waals surface area contributed by atoms with Crippen molar-refractivity contribution in [1.82, 2.24) is 0 Å². The summed E-state index contributed by atoms with van der Waals surface area (Å²) in [5.41, 5.74) is -2.11. The maximum atomic E-state index is 11.2. The average molecular weight is 262 g/mol. The van der Waals surface area contributed by atoms with Gasteiger partial charge in [-0.25, -0.2) is 0 Å². The number of rotatable bonds is 0. The van der Waals surface area contributed by atoms with Crippen molar-refractivity contribution in [3.05, 3.63) is 0 Å². The zero-order valence-electron chi connectivity index (χ0n) is 6.81. The summed E-state index contributed by atoms with van der Waals surface area (Å²) in [5.74, 6) is -2.56. The molecule has 2 saturated heterocycles. The van der Waals surface area contributed by atoms with Gasteiger partial charge in [-0.05, 0) is 0 Å². The molecule has 0 atom stereocenters. The van der Waals surface area contributed by atoms with Gasteiger partial charge >= 0.3 is 82.5 Å². The summed E-state index contributed by atoms with van der Waals surface area (Å²) in [7, 11) is 0. The van der Waals surface area contributed by atoms with Gasteiger partial charge < -0.3 is 0 Å². The third-order valence-corrected chi connectivity index (χ3v) is 4.22. The Kier molecular flexibility index (Phi) is 2.00. The van der Waals surface area contributed by atoms with Crippen LogP contribution in [0.1, 0.15) is 12.8 Å². The Labute approximate surface area is 83.1 Å². The van der Waals surface area contributed by atoms with Crippen LogP contribution in [0.25, 0.3) is 0 Å². The Morgan fingerprint density at radius 3 is 2.07 bits per heavy atom. The molecule has 14 heavy (non-hydrogen) atoms. The van der Waals surface area contributed by atoms with Crippen LogP contribution in [0.4, 0.5) is 0 Å². The van der Waals surface area contributed by atoms with Crippen LogP contribution in [0.3, 0.4) is 0 Å². The van der Waals surface area contributed by atoms with Crippen molar-refractivity contribution in [2.45, 2.75) is 18.4 Å².